The van der Waals surface area contributed by atoms with Crippen molar-refractivity contribution in [3.63, 3.8) is 0 Å². The number of alkyl halides is 3. The molecule has 0 unspecified atom stereocenters. The first-order chi connectivity index (χ1) is 7.88. The van der Waals surface area contributed by atoms with Gasteiger partial charge in [-0.25, -0.2) is 4.39 Å². The van der Waals surface area contributed by atoms with Crippen LogP contribution in [0.5, 0.6) is 0 Å². The van der Waals surface area contributed by atoms with Crippen LogP contribution in [0.25, 0.3) is 11.5 Å². The molecule has 1 aromatic carbocycles. The van der Waals surface area contributed by atoms with Crippen LogP contribution in [0.3, 0.4) is 0 Å². The Balaban J connectivity index is 2.54. The van der Waals surface area contributed by atoms with Gasteiger partial charge in [-0.2, -0.15) is 18.2 Å². The van der Waals surface area contributed by atoms with E-state index in [1.165, 1.54) is 0 Å². The molecule has 1 heterocycles. The predicted octanol–water partition coefficient (Wildman–Crippen LogP) is 3.66. The lowest BCUT2D eigenvalue weighted by molar-refractivity contribution is -0.137. The van der Waals surface area contributed by atoms with Gasteiger partial charge < -0.3 is 4.52 Å². The van der Waals surface area contributed by atoms with Crippen LogP contribution in [0, 0.1) is 5.82 Å². The summed E-state index contributed by atoms with van der Waals surface area (Å²) in [5.41, 5.74) is -1.37. The smallest absolute Gasteiger partial charge is 0.333 e. The molecule has 0 aliphatic carbocycles. The number of benzene rings is 1. The van der Waals surface area contributed by atoms with Gasteiger partial charge in [0.15, 0.2) is 0 Å². The third-order valence-corrected chi connectivity index (χ3v) is 2.25. The van der Waals surface area contributed by atoms with Gasteiger partial charge in [0.05, 0.1) is 11.1 Å². The normalized spacial score (nSPS) is 11.8. The van der Waals surface area contributed by atoms with Crippen molar-refractivity contribution < 1.29 is 22.1 Å². The fourth-order valence-corrected chi connectivity index (χ4v) is 1.41. The number of hydrogen-bond donors (Lipinski definition) is 0. The molecule has 0 radical (unpaired) electrons. The number of hydrogen-bond acceptors (Lipinski definition) is 3. The zero-order chi connectivity index (χ0) is 12.6. The summed E-state index contributed by atoms with van der Waals surface area (Å²) in [6, 6.07) is 1.97. The standard InChI is InChI=1S/C9H3BrF4N2O/c10-8-15-7(17-16-8)5-3-4(9(12,13)14)1-2-6(5)11/h1-3H. The van der Waals surface area contributed by atoms with E-state index in [1.54, 1.807) is 0 Å². The number of aromatic nitrogens is 2. The third kappa shape index (κ3) is 2.46. The molecule has 0 fully saturated rings. The summed E-state index contributed by atoms with van der Waals surface area (Å²) >= 11 is 2.85. The molecule has 0 saturated heterocycles. The van der Waals surface area contributed by atoms with Crippen LogP contribution in [-0.2, 0) is 6.18 Å². The van der Waals surface area contributed by atoms with Crippen LogP contribution in [0.1, 0.15) is 5.56 Å². The van der Waals surface area contributed by atoms with Crippen LogP contribution >= 0.6 is 15.9 Å². The van der Waals surface area contributed by atoms with E-state index >= 15 is 0 Å². The summed E-state index contributed by atoms with van der Waals surface area (Å²) in [5, 5.41) is 3.31. The van der Waals surface area contributed by atoms with Crippen LogP contribution < -0.4 is 0 Å². The Labute approximate surface area is 101 Å². The van der Waals surface area contributed by atoms with Crippen molar-refractivity contribution in [2.24, 2.45) is 0 Å². The second-order valence-corrected chi connectivity index (χ2v) is 3.77. The second-order valence-electron chi connectivity index (χ2n) is 3.06. The molecule has 0 bridgehead atoms. The van der Waals surface area contributed by atoms with E-state index in [2.05, 4.69) is 30.6 Å². The maximum atomic E-state index is 13.3. The highest BCUT2D eigenvalue weighted by molar-refractivity contribution is 9.10. The van der Waals surface area contributed by atoms with E-state index in [1.807, 2.05) is 0 Å². The highest BCUT2D eigenvalue weighted by Gasteiger charge is 2.31. The summed E-state index contributed by atoms with van der Waals surface area (Å²) in [7, 11) is 0. The first kappa shape index (κ1) is 12.0. The molecule has 3 nitrogen and oxygen atoms in total. The molecule has 2 aromatic rings. The van der Waals surface area contributed by atoms with Crippen LogP contribution in [-0.4, -0.2) is 10.1 Å². The predicted molar refractivity (Wildman–Crippen MR) is 52.4 cm³/mol. The lowest BCUT2D eigenvalue weighted by atomic mass is 10.1. The Morgan fingerprint density at radius 1 is 1.24 bits per heavy atom. The van der Waals surface area contributed by atoms with Crippen LogP contribution in [0.15, 0.2) is 27.5 Å². The maximum absolute atomic E-state index is 13.3. The average Bonchev–Trinajstić information content (AvgIpc) is 2.63. The Morgan fingerprint density at radius 3 is 2.47 bits per heavy atom. The summed E-state index contributed by atoms with van der Waals surface area (Å²) < 4.78 is 55.2. The Morgan fingerprint density at radius 2 is 1.94 bits per heavy atom. The van der Waals surface area contributed by atoms with E-state index < -0.39 is 23.1 Å². The largest absolute Gasteiger partial charge is 0.416 e. The molecular formula is C9H3BrF4N2O. The SMILES string of the molecule is Fc1ccc(C(F)(F)F)cc1-c1nc(Br)no1. The molecule has 90 valence electrons. The molecule has 0 aliphatic rings. The Kier molecular flexibility index (Phi) is 2.90. The Bertz CT molecular complexity index is 552. The number of rotatable bonds is 1. The van der Waals surface area contributed by atoms with Crippen molar-refractivity contribution in [3.8, 4) is 11.5 Å². The summed E-state index contributed by atoms with van der Waals surface area (Å²) in [6.45, 7) is 0. The van der Waals surface area contributed by atoms with Crippen molar-refractivity contribution >= 4 is 15.9 Å². The van der Waals surface area contributed by atoms with Crippen LogP contribution in [0.4, 0.5) is 17.6 Å². The molecule has 2 rings (SSSR count). The molecule has 0 amide bonds. The minimum Gasteiger partial charge on any atom is -0.333 e. The lowest BCUT2D eigenvalue weighted by Gasteiger charge is -2.07. The second kappa shape index (κ2) is 4.10. The highest BCUT2D eigenvalue weighted by Crippen LogP contribution is 2.33. The molecular weight excluding hydrogens is 308 g/mol. The van der Waals surface area contributed by atoms with Gasteiger partial charge in [0.2, 0.25) is 4.73 Å². The van der Waals surface area contributed by atoms with E-state index in [-0.39, 0.29) is 10.6 Å². The van der Waals surface area contributed by atoms with E-state index in [0.717, 1.165) is 0 Å². The summed E-state index contributed by atoms with van der Waals surface area (Å²) in [6.07, 6.45) is -4.56. The lowest BCUT2D eigenvalue weighted by Crippen LogP contribution is -2.05. The van der Waals surface area contributed by atoms with Gasteiger partial charge in [0.1, 0.15) is 5.82 Å². The topological polar surface area (TPSA) is 38.9 Å². The van der Waals surface area contributed by atoms with E-state index in [4.69, 9.17) is 0 Å². The molecule has 17 heavy (non-hydrogen) atoms. The van der Waals surface area contributed by atoms with E-state index in [0.29, 0.717) is 18.2 Å². The summed E-state index contributed by atoms with van der Waals surface area (Å²) in [4.78, 5) is 3.60. The van der Waals surface area contributed by atoms with Crippen molar-refractivity contribution in [1.29, 1.82) is 0 Å². The van der Waals surface area contributed by atoms with Gasteiger partial charge in [-0.3, -0.25) is 0 Å². The zero-order valence-corrected chi connectivity index (χ0v) is 9.51. The Hall–Kier alpha value is -1.44. The zero-order valence-electron chi connectivity index (χ0n) is 7.92. The van der Waals surface area contributed by atoms with Crippen molar-refractivity contribution in [2.45, 2.75) is 6.18 Å². The molecule has 0 N–H and O–H groups in total. The molecule has 8 heteroatoms. The number of nitrogens with zero attached hydrogens (tertiary/aromatic N) is 2. The van der Waals surface area contributed by atoms with Gasteiger partial charge in [-0.05, 0) is 39.3 Å². The molecule has 0 saturated carbocycles. The first-order valence-electron chi connectivity index (χ1n) is 4.24. The number of halogens is 5. The first-order valence-corrected chi connectivity index (χ1v) is 5.03. The molecule has 1 aromatic heterocycles. The minimum atomic E-state index is -4.56. The monoisotopic (exact) mass is 310 g/mol. The van der Waals surface area contributed by atoms with Gasteiger partial charge >= 0.3 is 6.18 Å². The van der Waals surface area contributed by atoms with Gasteiger partial charge in [0.25, 0.3) is 5.89 Å². The molecule has 0 atom stereocenters. The van der Waals surface area contributed by atoms with E-state index in [9.17, 15) is 17.6 Å². The highest BCUT2D eigenvalue weighted by atomic mass is 79.9. The molecule has 0 spiro atoms. The minimum absolute atomic E-state index is 0.0318. The van der Waals surface area contributed by atoms with Crippen molar-refractivity contribution in [1.82, 2.24) is 10.1 Å². The third-order valence-electron chi connectivity index (χ3n) is 1.93. The van der Waals surface area contributed by atoms with Gasteiger partial charge in [0, 0.05) is 0 Å². The fourth-order valence-electron chi connectivity index (χ4n) is 1.18. The maximum Gasteiger partial charge on any atom is 0.416 e. The summed E-state index contributed by atoms with van der Waals surface area (Å²) in [5.74, 6) is -1.19. The fraction of sp³-hybridized carbons (Fsp3) is 0.111. The van der Waals surface area contributed by atoms with Gasteiger partial charge in [-0.15, -0.1) is 0 Å². The van der Waals surface area contributed by atoms with Crippen molar-refractivity contribution in [2.75, 3.05) is 0 Å². The van der Waals surface area contributed by atoms with Gasteiger partial charge in [-0.1, -0.05) is 0 Å². The quantitative estimate of drug-likeness (QED) is 0.755. The average molecular weight is 311 g/mol. The van der Waals surface area contributed by atoms with Crippen molar-refractivity contribution in [3.05, 3.63) is 34.3 Å². The molecule has 0 aliphatic heterocycles. The van der Waals surface area contributed by atoms with Crippen LogP contribution in [0.2, 0.25) is 0 Å².